The third kappa shape index (κ3) is 1.72. The maximum Gasteiger partial charge on any atom is 0.341 e. The molecule has 1 aliphatic carbocycles. The Kier molecular flexibility index (Phi) is 2.34. The topological polar surface area (TPSA) is 79.2 Å². The second-order valence-electron chi connectivity index (χ2n) is 5.75. The van der Waals surface area contributed by atoms with Crippen LogP contribution in [0.25, 0.3) is 0 Å². The van der Waals surface area contributed by atoms with E-state index in [-0.39, 0.29) is 11.0 Å². The lowest BCUT2D eigenvalue weighted by atomic mass is 10.0. The van der Waals surface area contributed by atoms with E-state index in [1.165, 1.54) is 12.5 Å². The number of aryl methyl sites for hydroxylation is 1. The monoisotopic (exact) mass is 282 g/mol. The van der Waals surface area contributed by atoms with Crippen molar-refractivity contribution >= 4 is 17.5 Å². The van der Waals surface area contributed by atoms with Gasteiger partial charge in [0, 0.05) is 23.9 Å². The van der Waals surface area contributed by atoms with Gasteiger partial charge in [-0.15, -0.1) is 0 Å². The Balaban J connectivity index is 1.88. The van der Waals surface area contributed by atoms with E-state index in [0.29, 0.717) is 5.82 Å². The Morgan fingerprint density at radius 3 is 2.90 bits per heavy atom. The fourth-order valence-corrected chi connectivity index (χ4v) is 3.04. The third-order valence-corrected chi connectivity index (χ3v) is 4.30. The summed E-state index contributed by atoms with van der Waals surface area (Å²) in [7, 11) is 0. The summed E-state index contributed by atoms with van der Waals surface area (Å²) in [4.78, 5) is 26.1. The largest absolute Gasteiger partial charge is 0.477 e. The van der Waals surface area contributed by atoms with Crippen LogP contribution in [0.1, 0.15) is 34.6 Å². The van der Waals surface area contributed by atoms with Gasteiger partial charge in [0.05, 0.1) is 11.4 Å². The average molecular weight is 282 g/mol. The van der Waals surface area contributed by atoms with Gasteiger partial charge in [0.2, 0.25) is 0 Å². The van der Waals surface area contributed by atoms with Crippen molar-refractivity contribution in [3.8, 4) is 0 Å². The predicted octanol–water partition coefficient (Wildman–Crippen LogP) is 2.06. The fourth-order valence-electron chi connectivity index (χ4n) is 3.04. The SMILES string of the molecule is Cc1ccc2c(n1)C1(CC1)CN2c1ncncc1C(=O)O. The maximum atomic E-state index is 11.4. The molecule has 21 heavy (non-hydrogen) atoms. The Hall–Kier alpha value is -2.50. The molecular formula is C15H14N4O2. The van der Waals surface area contributed by atoms with Crippen LogP contribution in [0.2, 0.25) is 0 Å². The van der Waals surface area contributed by atoms with Gasteiger partial charge in [-0.2, -0.15) is 0 Å². The number of nitrogens with zero attached hydrogens (tertiary/aromatic N) is 4. The third-order valence-electron chi connectivity index (χ3n) is 4.30. The first kappa shape index (κ1) is 12.3. The van der Waals surface area contributed by atoms with Crippen molar-refractivity contribution < 1.29 is 9.90 Å². The Morgan fingerprint density at radius 1 is 1.38 bits per heavy atom. The lowest BCUT2D eigenvalue weighted by Crippen LogP contribution is -2.22. The van der Waals surface area contributed by atoms with Crippen LogP contribution in [0.5, 0.6) is 0 Å². The van der Waals surface area contributed by atoms with Crippen molar-refractivity contribution in [2.75, 3.05) is 11.4 Å². The van der Waals surface area contributed by atoms with Crippen molar-refractivity contribution in [1.82, 2.24) is 15.0 Å². The molecule has 106 valence electrons. The van der Waals surface area contributed by atoms with Crippen molar-refractivity contribution in [2.24, 2.45) is 0 Å². The summed E-state index contributed by atoms with van der Waals surface area (Å²) < 4.78 is 0. The minimum absolute atomic E-state index is 0.0854. The molecule has 1 saturated carbocycles. The van der Waals surface area contributed by atoms with Gasteiger partial charge >= 0.3 is 5.97 Å². The highest BCUT2D eigenvalue weighted by Gasteiger charge is 2.54. The van der Waals surface area contributed by atoms with E-state index < -0.39 is 5.97 Å². The first-order valence-corrected chi connectivity index (χ1v) is 6.90. The van der Waals surface area contributed by atoms with Crippen molar-refractivity contribution in [1.29, 1.82) is 0 Å². The number of carbonyl (C=O) groups is 1. The van der Waals surface area contributed by atoms with E-state index in [9.17, 15) is 9.90 Å². The van der Waals surface area contributed by atoms with Crippen LogP contribution >= 0.6 is 0 Å². The highest BCUT2D eigenvalue weighted by Crippen LogP contribution is 2.57. The van der Waals surface area contributed by atoms with Crippen LogP contribution < -0.4 is 4.90 Å². The number of anilines is 2. The Labute approximate surface area is 121 Å². The number of aromatic carboxylic acids is 1. The molecule has 0 amide bonds. The van der Waals surface area contributed by atoms with Gasteiger partial charge in [-0.3, -0.25) is 4.98 Å². The van der Waals surface area contributed by atoms with Crippen LogP contribution in [-0.4, -0.2) is 32.6 Å². The summed E-state index contributed by atoms with van der Waals surface area (Å²) in [5.74, 6) is -0.558. The van der Waals surface area contributed by atoms with E-state index in [0.717, 1.165) is 36.5 Å². The average Bonchev–Trinajstić information content (AvgIpc) is 3.18. The molecule has 1 N–H and O–H groups in total. The number of aromatic nitrogens is 3. The molecule has 6 nitrogen and oxygen atoms in total. The van der Waals surface area contributed by atoms with Gasteiger partial charge in [0.1, 0.15) is 11.9 Å². The summed E-state index contributed by atoms with van der Waals surface area (Å²) in [5.41, 5.74) is 3.25. The molecule has 0 aromatic carbocycles. The van der Waals surface area contributed by atoms with Crippen molar-refractivity contribution in [2.45, 2.75) is 25.2 Å². The van der Waals surface area contributed by atoms with Gasteiger partial charge in [-0.1, -0.05) is 0 Å². The lowest BCUT2D eigenvalue weighted by molar-refractivity contribution is 0.0697. The highest BCUT2D eigenvalue weighted by atomic mass is 16.4. The summed E-state index contributed by atoms with van der Waals surface area (Å²) in [5, 5.41) is 9.34. The molecular weight excluding hydrogens is 268 g/mol. The molecule has 2 aromatic heterocycles. The smallest absolute Gasteiger partial charge is 0.341 e. The molecule has 0 bridgehead atoms. The molecule has 0 atom stereocenters. The zero-order chi connectivity index (χ0) is 14.6. The molecule has 3 heterocycles. The second kappa shape index (κ2) is 4.00. The van der Waals surface area contributed by atoms with Crippen LogP contribution in [-0.2, 0) is 5.41 Å². The number of hydrogen-bond acceptors (Lipinski definition) is 5. The number of carboxylic acid groups (broad SMARTS) is 1. The van der Waals surface area contributed by atoms with Gasteiger partial charge < -0.3 is 10.0 Å². The van der Waals surface area contributed by atoms with E-state index in [4.69, 9.17) is 0 Å². The second-order valence-corrected chi connectivity index (χ2v) is 5.75. The van der Waals surface area contributed by atoms with Crippen LogP contribution in [0.15, 0.2) is 24.7 Å². The number of fused-ring (bicyclic) bond motifs is 2. The molecule has 0 saturated heterocycles. The molecule has 2 aliphatic rings. The molecule has 2 aromatic rings. The number of pyridine rings is 1. The first-order chi connectivity index (χ1) is 10.1. The summed E-state index contributed by atoms with van der Waals surface area (Å²) in [6.45, 7) is 2.72. The number of carboxylic acids is 1. The Morgan fingerprint density at radius 2 is 2.19 bits per heavy atom. The van der Waals surface area contributed by atoms with E-state index in [2.05, 4.69) is 15.0 Å². The molecule has 0 radical (unpaired) electrons. The maximum absolute atomic E-state index is 11.4. The molecule has 1 aliphatic heterocycles. The van der Waals surface area contributed by atoms with Gasteiger partial charge in [0.15, 0.2) is 5.82 Å². The van der Waals surface area contributed by atoms with E-state index >= 15 is 0 Å². The summed E-state index contributed by atoms with van der Waals surface area (Å²) in [6.07, 6.45) is 4.94. The van der Waals surface area contributed by atoms with E-state index in [1.54, 1.807) is 0 Å². The van der Waals surface area contributed by atoms with Gasteiger partial charge in [-0.25, -0.2) is 14.8 Å². The Bertz CT molecular complexity index is 755. The predicted molar refractivity (Wildman–Crippen MR) is 75.9 cm³/mol. The van der Waals surface area contributed by atoms with Gasteiger partial charge in [0.25, 0.3) is 0 Å². The summed E-state index contributed by atoms with van der Waals surface area (Å²) in [6, 6.07) is 3.97. The van der Waals surface area contributed by atoms with Gasteiger partial charge in [-0.05, 0) is 31.9 Å². The van der Waals surface area contributed by atoms with E-state index in [1.807, 2.05) is 24.0 Å². The van der Waals surface area contributed by atoms with Crippen LogP contribution in [0, 0.1) is 6.92 Å². The van der Waals surface area contributed by atoms with Crippen LogP contribution in [0.3, 0.4) is 0 Å². The lowest BCUT2D eigenvalue weighted by Gasteiger charge is -2.19. The standard InChI is InChI=1S/C15H14N4O2/c1-9-2-3-11-12(18-9)15(4-5-15)7-19(11)13-10(14(20)21)6-16-8-17-13/h2-3,6,8H,4-5,7H2,1H3,(H,20,21). The minimum atomic E-state index is -1.01. The fraction of sp³-hybridized carbons (Fsp3) is 0.333. The molecule has 4 rings (SSSR count). The molecule has 1 spiro atoms. The normalized spacial score (nSPS) is 17.9. The quantitative estimate of drug-likeness (QED) is 0.908. The minimum Gasteiger partial charge on any atom is -0.477 e. The van der Waals surface area contributed by atoms with Crippen molar-refractivity contribution in [3.05, 3.63) is 41.6 Å². The molecule has 0 unspecified atom stereocenters. The zero-order valence-corrected chi connectivity index (χ0v) is 11.6. The molecule has 6 heteroatoms. The highest BCUT2D eigenvalue weighted by molar-refractivity contribution is 5.94. The van der Waals surface area contributed by atoms with Crippen LogP contribution in [0.4, 0.5) is 11.5 Å². The summed E-state index contributed by atoms with van der Waals surface area (Å²) >= 11 is 0. The first-order valence-electron chi connectivity index (χ1n) is 6.90. The zero-order valence-electron chi connectivity index (χ0n) is 11.6. The van der Waals surface area contributed by atoms with Crippen molar-refractivity contribution in [3.63, 3.8) is 0 Å². The number of rotatable bonds is 2. The molecule has 1 fully saturated rings. The number of hydrogen-bond donors (Lipinski definition) is 1.